The van der Waals surface area contributed by atoms with Crippen molar-refractivity contribution in [2.45, 2.75) is 50.2 Å². The van der Waals surface area contributed by atoms with Gasteiger partial charge in [-0.15, -0.1) is 0 Å². The third kappa shape index (κ3) is 3.30. The Morgan fingerprint density at radius 1 is 1.30 bits per heavy atom. The maximum absolute atomic E-state index is 12.4. The Morgan fingerprint density at radius 3 is 2.85 bits per heavy atom. The number of nitrogens with zero attached hydrogens (tertiary/aromatic N) is 1. The highest BCUT2D eigenvalue weighted by atomic mass is 16.5. The van der Waals surface area contributed by atoms with Gasteiger partial charge in [0.2, 0.25) is 11.8 Å². The maximum atomic E-state index is 12.4. The molecule has 6 heteroatoms. The van der Waals surface area contributed by atoms with Crippen LogP contribution in [0.1, 0.15) is 32.1 Å². The first-order valence-corrected chi connectivity index (χ1v) is 7.65. The molecule has 2 amide bonds. The van der Waals surface area contributed by atoms with Crippen molar-refractivity contribution in [2.24, 2.45) is 0 Å². The number of rotatable bonds is 4. The molecule has 2 aliphatic heterocycles. The Kier molecular flexibility index (Phi) is 4.21. The number of carbonyl (C=O) groups excluding carboxylic acids is 2. The van der Waals surface area contributed by atoms with E-state index in [1.807, 2.05) is 0 Å². The molecule has 3 rings (SSSR count). The maximum Gasteiger partial charge on any atom is 0.245 e. The molecule has 0 radical (unpaired) electrons. The Bertz CT molecular complexity index is 378. The minimum Gasteiger partial charge on any atom is -0.377 e. The number of nitrogens with one attached hydrogen (secondary N) is 2. The zero-order valence-electron chi connectivity index (χ0n) is 11.8. The second kappa shape index (κ2) is 6.10. The molecule has 2 saturated heterocycles. The molecule has 2 heterocycles. The topological polar surface area (TPSA) is 70.7 Å². The molecule has 3 fully saturated rings. The van der Waals surface area contributed by atoms with Crippen LogP contribution in [0.2, 0.25) is 0 Å². The van der Waals surface area contributed by atoms with Crippen molar-refractivity contribution in [2.75, 3.05) is 26.3 Å². The highest BCUT2D eigenvalue weighted by Crippen LogP contribution is 2.20. The zero-order valence-corrected chi connectivity index (χ0v) is 11.8. The molecule has 2 atom stereocenters. The first-order valence-electron chi connectivity index (χ1n) is 7.65. The summed E-state index contributed by atoms with van der Waals surface area (Å²) in [5.74, 6) is 0.0172. The van der Waals surface area contributed by atoms with Gasteiger partial charge in [-0.1, -0.05) is 0 Å². The predicted molar refractivity (Wildman–Crippen MR) is 73.1 cm³/mol. The lowest BCUT2D eigenvalue weighted by molar-refractivity contribution is -0.148. The summed E-state index contributed by atoms with van der Waals surface area (Å²) in [5.41, 5.74) is 0. The highest BCUT2D eigenvalue weighted by Gasteiger charge is 2.36. The van der Waals surface area contributed by atoms with E-state index in [9.17, 15) is 9.59 Å². The van der Waals surface area contributed by atoms with E-state index in [0.717, 1.165) is 32.2 Å². The van der Waals surface area contributed by atoms with E-state index in [2.05, 4.69) is 10.6 Å². The molecule has 0 spiro atoms. The second-order valence-electron chi connectivity index (χ2n) is 5.96. The minimum atomic E-state index is -0.446. The van der Waals surface area contributed by atoms with Crippen LogP contribution in [-0.2, 0) is 14.3 Å². The van der Waals surface area contributed by atoms with Crippen molar-refractivity contribution in [3.63, 3.8) is 0 Å². The van der Waals surface area contributed by atoms with Crippen molar-refractivity contribution >= 4 is 11.8 Å². The van der Waals surface area contributed by atoms with Crippen LogP contribution >= 0.6 is 0 Å². The van der Waals surface area contributed by atoms with Gasteiger partial charge in [0.1, 0.15) is 6.04 Å². The molecular formula is C14H23N3O3. The van der Waals surface area contributed by atoms with E-state index in [1.54, 1.807) is 4.90 Å². The first kappa shape index (κ1) is 13.8. The SMILES string of the molecule is O=C(NC1CC1)C1COCCN1C(=O)CC1CCCN1. The lowest BCUT2D eigenvalue weighted by Gasteiger charge is -2.35. The molecule has 3 aliphatic rings. The minimum absolute atomic E-state index is 0.0556. The fourth-order valence-electron chi connectivity index (χ4n) is 2.90. The van der Waals surface area contributed by atoms with Crippen molar-refractivity contribution in [1.82, 2.24) is 15.5 Å². The van der Waals surface area contributed by atoms with Crippen molar-refractivity contribution < 1.29 is 14.3 Å². The number of hydrogen-bond acceptors (Lipinski definition) is 4. The van der Waals surface area contributed by atoms with Crippen LogP contribution in [0.25, 0.3) is 0 Å². The van der Waals surface area contributed by atoms with Gasteiger partial charge in [-0.25, -0.2) is 0 Å². The Labute approximate surface area is 119 Å². The zero-order chi connectivity index (χ0) is 13.9. The average molecular weight is 281 g/mol. The molecule has 0 bridgehead atoms. The van der Waals surface area contributed by atoms with E-state index < -0.39 is 6.04 Å². The largest absolute Gasteiger partial charge is 0.377 e. The van der Waals surface area contributed by atoms with E-state index in [4.69, 9.17) is 4.74 Å². The van der Waals surface area contributed by atoms with Gasteiger partial charge in [-0.2, -0.15) is 0 Å². The van der Waals surface area contributed by atoms with E-state index in [0.29, 0.717) is 32.2 Å². The summed E-state index contributed by atoms with van der Waals surface area (Å²) < 4.78 is 5.39. The van der Waals surface area contributed by atoms with Crippen molar-refractivity contribution in [3.05, 3.63) is 0 Å². The molecule has 0 aromatic carbocycles. The van der Waals surface area contributed by atoms with Crippen molar-refractivity contribution in [3.8, 4) is 0 Å². The summed E-state index contributed by atoms with van der Waals surface area (Å²) >= 11 is 0. The van der Waals surface area contributed by atoms with Crippen LogP contribution in [0.4, 0.5) is 0 Å². The Hall–Kier alpha value is -1.14. The number of carbonyl (C=O) groups is 2. The summed E-state index contributed by atoms with van der Waals surface area (Å²) in [7, 11) is 0. The average Bonchev–Trinajstić information content (AvgIpc) is 3.12. The van der Waals surface area contributed by atoms with Crippen LogP contribution in [-0.4, -0.2) is 61.1 Å². The van der Waals surface area contributed by atoms with Crippen LogP contribution in [0.5, 0.6) is 0 Å². The number of ether oxygens (including phenoxy) is 1. The molecule has 0 aromatic heterocycles. The van der Waals surface area contributed by atoms with Gasteiger partial charge < -0.3 is 20.3 Å². The van der Waals surface area contributed by atoms with Crippen LogP contribution in [0, 0.1) is 0 Å². The molecule has 1 saturated carbocycles. The summed E-state index contributed by atoms with van der Waals surface area (Å²) in [5, 5.41) is 6.31. The second-order valence-corrected chi connectivity index (χ2v) is 5.96. The Balaban J connectivity index is 1.58. The Morgan fingerprint density at radius 2 is 2.15 bits per heavy atom. The van der Waals surface area contributed by atoms with Gasteiger partial charge in [0.15, 0.2) is 0 Å². The monoisotopic (exact) mass is 281 g/mol. The van der Waals surface area contributed by atoms with Crippen LogP contribution in [0.3, 0.4) is 0 Å². The molecule has 112 valence electrons. The van der Waals surface area contributed by atoms with Gasteiger partial charge in [-0.3, -0.25) is 9.59 Å². The lowest BCUT2D eigenvalue weighted by Crippen LogP contribution is -2.56. The summed E-state index contributed by atoms with van der Waals surface area (Å²) in [6.45, 7) is 2.36. The standard InChI is InChI=1S/C14H23N3O3/c18-13(8-11-2-1-5-15-11)17-6-7-20-9-12(17)14(19)16-10-3-4-10/h10-12,15H,1-9H2,(H,16,19). The van der Waals surface area contributed by atoms with Gasteiger partial charge in [-0.05, 0) is 32.2 Å². The highest BCUT2D eigenvalue weighted by molar-refractivity contribution is 5.88. The number of amides is 2. The normalized spacial score (nSPS) is 30.3. The molecule has 0 aromatic rings. The van der Waals surface area contributed by atoms with Gasteiger partial charge in [0.05, 0.1) is 13.2 Å². The number of morpholine rings is 1. The summed E-state index contributed by atoms with van der Waals surface area (Å²) in [6.07, 6.45) is 4.79. The molecule has 1 aliphatic carbocycles. The molecule has 2 N–H and O–H groups in total. The van der Waals surface area contributed by atoms with E-state index in [1.165, 1.54) is 0 Å². The van der Waals surface area contributed by atoms with Crippen LogP contribution in [0.15, 0.2) is 0 Å². The lowest BCUT2D eigenvalue weighted by atomic mass is 10.1. The summed E-state index contributed by atoms with van der Waals surface area (Å²) in [4.78, 5) is 26.3. The predicted octanol–water partition coefficient (Wildman–Crippen LogP) is -0.365. The molecule has 6 nitrogen and oxygen atoms in total. The van der Waals surface area contributed by atoms with Gasteiger partial charge in [0, 0.05) is 25.0 Å². The molecule has 2 unspecified atom stereocenters. The molecular weight excluding hydrogens is 258 g/mol. The van der Waals surface area contributed by atoms with Gasteiger partial charge in [0.25, 0.3) is 0 Å². The molecule has 20 heavy (non-hydrogen) atoms. The third-order valence-electron chi connectivity index (χ3n) is 4.26. The number of hydrogen-bond donors (Lipinski definition) is 2. The van der Waals surface area contributed by atoms with E-state index >= 15 is 0 Å². The first-order chi connectivity index (χ1) is 9.74. The summed E-state index contributed by atoms with van der Waals surface area (Å²) in [6, 6.07) is 0.147. The smallest absolute Gasteiger partial charge is 0.245 e. The third-order valence-corrected chi connectivity index (χ3v) is 4.26. The quantitative estimate of drug-likeness (QED) is 0.738. The van der Waals surface area contributed by atoms with Crippen LogP contribution < -0.4 is 10.6 Å². The van der Waals surface area contributed by atoms with E-state index in [-0.39, 0.29) is 17.9 Å². The van der Waals surface area contributed by atoms with Gasteiger partial charge >= 0.3 is 0 Å². The fraction of sp³-hybridized carbons (Fsp3) is 0.857. The van der Waals surface area contributed by atoms with Crippen molar-refractivity contribution in [1.29, 1.82) is 0 Å². The fourth-order valence-corrected chi connectivity index (χ4v) is 2.90.